The molecule has 0 saturated heterocycles. The van der Waals surface area contributed by atoms with Crippen LogP contribution < -0.4 is 9.47 Å². The molecule has 0 fully saturated rings. The summed E-state index contributed by atoms with van der Waals surface area (Å²) in [6.07, 6.45) is 0. The lowest BCUT2D eigenvalue weighted by Crippen LogP contribution is -2.01. The molecule has 0 unspecified atom stereocenters. The van der Waals surface area contributed by atoms with Crippen molar-refractivity contribution >= 4 is 28.3 Å². The van der Waals surface area contributed by atoms with E-state index in [0.29, 0.717) is 17.3 Å². The molecule has 0 aliphatic carbocycles. The highest BCUT2D eigenvalue weighted by Gasteiger charge is 2.17. The van der Waals surface area contributed by atoms with Gasteiger partial charge in [-0.2, -0.15) is 4.52 Å². The highest BCUT2D eigenvalue weighted by Crippen LogP contribution is 2.35. The molecule has 7 heteroatoms. The molecule has 29 heavy (non-hydrogen) atoms. The number of benzene rings is 2. The maximum Gasteiger partial charge on any atom is 0.191 e. The van der Waals surface area contributed by atoms with Crippen LogP contribution in [0.15, 0.2) is 29.4 Å². The molecule has 2 heterocycles. The van der Waals surface area contributed by atoms with Gasteiger partial charge in [0.05, 0.1) is 19.7 Å². The summed E-state index contributed by atoms with van der Waals surface area (Å²) in [4.78, 5) is 9.52. The molecule has 0 amide bonds. The highest BCUT2D eigenvalue weighted by molar-refractivity contribution is 7.98. The smallest absolute Gasteiger partial charge is 0.191 e. The molecule has 0 aliphatic rings. The van der Waals surface area contributed by atoms with Crippen LogP contribution in [0.25, 0.3) is 16.6 Å². The number of hydrogen-bond acceptors (Lipinski definition) is 6. The van der Waals surface area contributed by atoms with Crippen molar-refractivity contribution < 1.29 is 9.47 Å². The van der Waals surface area contributed by atoms with Crippen LogP contribution in [0.4, 0.5) is 0 Å². The fourth-order valence-corrected chi connectivity index (χ4v) is 4.82. The van der Waals surface area contributed by atoms with Gasteiger partial charge in [0.15, 0.2) is 22.3 Å². The number of methoxy groups -OCH3 is 2. The molecule has 6 nitrogen and oxygen atoms in total. The summed E-state index contributed by atoms with van der Waals surface area (Å²) in [5.41, 5.74) is 6.80. The molecule has 0 atom stereocenters. The van der Waals surface area contributed by atoms with Gasteiger partial charge >= 0.3 is 0 Å². The van der Waals surface area contributed by atoms with Gasteiger partial charge in [0, 0.05) is 17.2 Å². The Bertz CT molecular complexity index is 1210. The Kier molecular flexibility index (Phi) is 5.08. The van der Waals surface area contributed by atoms with Crippen LogP contribution in [0.2, 0.25) is 0 Å². The van der Waals surface area contributed by atoms with Crippen LogP contribution >= 0.6 is 11.8 Å². The van der Waals surface area contributed by atoms with Crippen molar-refractivity contribution in [3.8, 4) is 11.5 Å². The first kappa shape index (κ1) is 19.5. The number of ether oxygens (including phenoxy) is 2. The van der Waals surface area contributed by atoms with Crippen molar-refractivity contribution in [3.05, 3.63) is 52.3 Å². The van der Waals surface area contributed by atoms with Gasteiger partial charge in [0.25, 0.3) is 0 Å². The highest BCUT2D eigenvalue weighted by atomic mass is 32.2. The lowest BCUT2D eigenvalue weighted by atomic mass is 10.0. The van der Waals surface area contributed by atoms with Crippen molar-refractivity contribution in [1.82, 2.24) is 19.6 Å². The van der Waals surface area contributed by atoms with Crippen molar-refractivity contribution in [3.63, 3.8) is 0 Å². The first-order chi connectivity index (χ1) is 13.9. The number of aryl methyl sites for hydroxylation is 4. The van der Waals surface area contributed by atoms with Crippen molar-refractivity contribution in [2.75, 3.05) is 14.2 Å². The van der Waals surface area contributed by atoms with Crippen LogP contribution in [0.3, 0.4) is 0 Å². The normalized spacial score (nSPS) is 11.4. The standard InChI is InChI=1S/C22H24N4O2S/c1-12-7-13(2)17(14(3)8-12)11-29-22-24-18-10-20(28-6)19(27-5)9-16(18)21-23-15(4)25-26(21)22/h7-10H,11H2,1-6H3. The number of thioether (sulfide) groups is 1. The van der Waals surface area contributed by atoms with Gasteiger partial charge in [-0.05, 0) is 50.5 Å². The van der Waals surface area contributed by atoms with Gasteiger partial charge in [0.2, 0.25) is 0 Å². The molecule has 2 aromatic carbocycles. The summed E-state index contributed by atoms with van der Waals surface area (Å²) in [6, 6.07) is 8.25. The third-order valence-corrected chi connectivity index (χ3v) is 5.99. The summed E-state index contributed by atoms with van der Waals surface area (Å²) in [6.45, 7) is 8.35. The molecule has 0 spiro atoms. The summed E-state index contributed by atoms with van der Waals surface area (Å²) in [5, 5.41) is 6.27. The van der Waals surface area contributed by atoms with Gasteiger partial charge in [0.1, 0.15) is 5.82 Å². The molecule has 0 radical (unpaired) electrons. The van der Waals surface area contributed by atoms with Crippen LogP contribution in [0.1, 0.15) is 28.1 Å². The summed E-state index contributed by atoms with van der Waals surface area (Å²) in [7, 11) is 3.25. The van der Waals surface area contributed by atoms with Gasteiger partial charge < -0.3 is 9.47 Å². The number of fused-ring (bicyclic) bond motifs is 3. The van der Waals surface area contributed by atoms with E-state index in [1.807, 2.05) is 23.6 Å². The molecule has 0 aliphatic heterocycles. The minimum Gasteiger partial charge on any atom is -0.493 e. The lowest BCUT2D eigenvalue weighted by Gasteiger charge is -2.13. The van der Waals surface area contributed by atoms with E-state index < -0.39 is 0 Å². The summed E-state index contributed by atoms with van der Waals surface area (Å²) < 4.78 is 12.7. The number of nitrogens with zero attached hydrogens (tertiary/aromatic N) is 4. The maximum absolute atomic E-state index is 5.46. The topological polar surface area (TPSA) is 61.5 Å². The molecular formula is C22H24N4O2S. The average molecular weight is 409 g/mol. The zero-order valence-electron chi connectivity index (χ0n) is 17.5. The van der Waals surface area contributed by atoms with E-state index in [0.717, 1.165) is 27.5 Å². The Morgan fingerprint density at radius 1 is 0.897 bits per heavy atom. The third-order valence-electron chi connectivity index (χ3n) is 5.04. The maximum atomic E-state index is 5.46. The molecule has 0 bridgehead atoms. The number of hydrogen-bond donors (Lipinski definition) is 0. The second kappa shape index (κ2) is 7.55. The second-order valence-corrected chi connectivity index (χ2v) is 8.12. The van der Waals surface area contributed by atoms with E-state index in [1.165, 1.54) is 22.3 Å². The van der Waals surface area contributed by atoms with E-state index in [2.05, 4.69) is 43.0 Å². The first-order valence-electron chi connectivity index (χ1n) is 9.40. The van der Waals surface area contributed by atoms with Crippen LogP contribution in [0, 0.1) is 27.7 Å². The van der Waals surface area contributed by atoms with Crippen molar-refractivity contribution in [2.24, 2.45) is 0 Å². The van der Waals surface area contributed by atoms with Gasteiger partial charge in [-0.25, -0.2) is 9.97 Å². The SMILES string of the molecule is COc1cc2nc(SCc3c(C)cc(C)cc3C)n3nc(C)nc3c2cc1OC. The largest absolute Gasteiger partial charge is 0.493 e. The Morgan fingerprint density at radius 3 is 2.21 bits per heavy atom. The fourth-order valence-electron chi connectivity index (χ4n) is 3.68. The van der Waals surface area contributed by atoms with Crippen LogP contribution in [-0.2, 0) is 5.75 Å². The minimum atomic E-state index is 0.647. The third kappa shape index (κ3) is 3.51. The summed E-state index contributed by atoms with van der Waals surface area (Å²) >= 11 is 1.67. The van der Waals surface area contributed by atoms with E-state index in [-0.39, 0.29) is 0 Å². The van der Waals surface area contributed by atoms with Gasteiger partial charge in [-0.15, -0.1) is 5.10 Å². The number of aromatic nitrogens is 4. The molecule has 2 aromatic heterocycles. The van der Waals surface area contributed by atoms with Gasteiger partial charge in [-0.1, -0.05) is 29.5 Å². The van der Waals surface area contributed by atoms with Crippen LogP contribution in [0.5, 0.6) is 11.5 Å². The zero-order valence-corrected chi connectivity index (χ0v) is 18.3. The Labute approximate surface area is 174 Å². The molecule has 150 valence electrons. The van der Waals surface area contributed by atoms with E-state index >= 15 is 0 Å². The Balaban J connectivity index is 1.83. The van der Waals surface area contributed by atoms with E-state index in [9.17, 15) is 0 Å². The molecule has 4 aromatic rings. The number of rotatable bonds is 5. The minimum absolute atomic E-state index is 0.647. The van der Waals surface area contributed by atoms with Crippen molar-refractivity contribution in [2.45, 2.75) is 38.6 Å². The Hall–Kier alpha value is -2.80. The first-order valence-corrected chi connectivity index (χ1v) is 10.4. The van der Waals surface area contributed by atoms with Crippen molar-refractivity contribution in [1.29, 1.82) is 0 Å². The lowest BCUT2D eigenvalue weighted by molar-refractivity contribution is 0.355. The second-order valence-electron chi connectivity index (χ2n) is 7.18. The molecular weight excluding hydrogens is 384 g/mol. The zero-order chi connectivity index (χ0) is 20.7. The van der Waals surface area contributed by atoms with Crippen LogP contribution in [-0.4, -0.2) is 33.8 Å². The Morgan fingerprint density at radius 2 is 1.55 bits per heavy atom. The quantitative estimate of drug-likeness (QED) is 0.348. The molecule has 0 N–H and O–H groups in total. The molecule has 0 saturated carbocycles. The van der Waals surface area contributed by atoms with E-state index in [1.54, 1.807) is 26.0 Å². The van der Waals surface area contributed by atoms with Gasteiger partial charge in [-0.3, -0.25) is 0 Å². The van der Waals surface area contributed by atoms with E-state index in [4.69, 9.17) is 14.5 Å². The monoisotopic (exact) mass is 408 g/mol. The predicted octanol–water partition coefficient (Wildman–Crippen LogP) is 4.82. The average Bonchev–Trinajstić information content (AvgIpc) is 3.07. The molecule has 4 rings (SSSR count). The predicted molar refractivity (Wildman–Crippen MR) is 116 cm³/mol. The fraction of sp³-hybridized carbons (Fsp3) is 0.318. The summed E-state index contributed by atoms with van der Waals surface area (Å²) in [5.74, 6) is 2.82.